The van der Waals surface area contributed by atoms with Gasteiger partial charge in [0.2, 0.25) is 0 Å². The van der Waals surface area contributed by atoms with Crippen LogP contribution in [0.2, 0.25) is 5.02 Å². The summed E-state index contributed by atoms with van der Waals surface area (Å²) in [5.41, 5.74) is 3.30. The normalized spacial score (nSPS) is 17.4. The Hall–Kier alpha value is -0.930. The Balaban J connectivity index is 2.20. The maximum atomic E-state index is 9.26. The Kier molecular flexibility index (Phi) is 3.35. The molecule has 0 fully saturated rings. The molecule has 4 heteroatoms. The minimum absolute atomic E-state index is 0.129. The molecular weight excluding hydrogens is 252 g/mol. The van der Waals surface area contributed by atoms with Gasteiger partial charge in [-0.2, -0.15) is 0 Å². The molecule has 98 valence electrons. The van der Waals surface area contributed by atoms with Crippen LogP contribution in [-0.4, -0.2) is 24.9 Å². The number of hydrogen-bond donors (Lipinski definition) is 1. The highest BCUT2D eigenvalue weighted by Crippen LogP contribution is 2.46. The van der Waals surface area contributed by atoms with Crippen LogP contribution in [0.4, 0.5) is 0 Å². The molecule has 2 aliphatic heterocycles. The highest BCUT2D eigenvalue weighted by molar-refractivity contribution is 6.33. The molecule has 0 unspecified atom stereocenters. The van der Waals surface area contributed by atoms with Crippen molar-refractivity contribution in [3.8, 4) is 11.5 Å². The second kappa shape index (κ2) is 4.98. The van der Waals surface area contributed by atoms with Crippen LogP contribution in [0.1, 0.15) is 29.5 Å². The van der Waals surface area contributed by atoms with E-state index in [2.05, 4.69) is 0 Å². The Bertz CT molecular complexity index is 434. The van der Waals surface area contributed by atoms with Gasteiger partial charge in [-0.15, -0.1) is 0 Å². The summed E-state index contributed by atoms with van der Waals surface area (Å²) in [6, 6.07) is 0. The Morgan fingerprint density at radius 3 is 2.39 bits per heavy atom. The Morgan fingerprint density at radius 1 is 1.00 bits per heavy atom. The van der Waals surface area contributed by atoms with Crippen LogP contribution < -0.4 is 9.47 Å². The van der Waals surface area contributed by atoms with E-state index in [0.717, 1.165) is 72.1 Å². The largest absolute Gasteiger partial charge is 0.493 e. The lowest BCUT2D eigenvalue weighted by molar-refractivity contribution is 0.261. The van der Waals surface area contributed by atoms with Gasteiger partial charge < -0.3 is 14.6 Å². The van der Waals surface area contributed by atoms with Gasteiger partial charge in [0, 0.05) is 23.3 Å². The van der Waals surface area contributed by atoms with Crippen molar-refractivity contribution in [2.24, 2.45) is 0 Å². The highest BCUT2D eigenvalue weighted by Gasteiger charge is 2.27. The average Bonchev–Trinajstić information content (AvgIpc) is 2.43. The number of benzene rings is 1. The molecule has 0 saturated heterocycles. The molecule has 3 nitrogen and oxygen atoms in total. The summed E-state index contributed by atoms with van der Waals surface area (Å²) in [7, 11) is 0. The molecule has 3 rings (SSSR count). The van der Waals surface area contributed by atoms with Gasteiger partial charge >= 0.3 is 0 Å². The van der Waals surface area contributed by atoms with Crippen molar-refractivity contribution in [3.05, 3.63) is 21.7 Å². The second-order valence-electron chi connectivity index (χ2n) is 4.79. The maximum Gasteiger partial charge on any atom is 0.141 e. The lowest BCUT2D eigenvalue weighted by Gasteiger charge is -2.28. The summed E-state index contributed by atoms with van der Waals surface area (Å²) >= 11 is 6.45. The van der Waals surface area contributed by atoms with E-state index in [1.807, 2.05) is 0 Å². The SMILES string of the molecule is OCCc1c2c(c(Cl)c3c1OCCC3)OCCC2. The molecule has 1 aromatic rings. The lowest BCUT2D eigenvalue weighted by atomic mass is 9.91. The van der Waals surface area contributed by atoms with Gasteiger partial charge in [0.15, 0.2) is 0 Å². The van der Waals surface area contributed by atoms with Gasteiger partial charge in [0.25, 0.3) is 0 Å². The molecule has 0 aliphatic carbocycles. The maximum absolute atomic E-state index is 9.26. The van der Waals surface area contributed by atoms with Crippen LogP contribution in [0.25, 0.3) is 0 Å². The molecule has 0 spiro atoms. The summed E-state index contributed by atoms with van der Waals surface area (Å²) in [6.07, 6.45) is 4.50. The molecular formula is C14H17ClO3. The summed E-state index contributed by atoms with van der Waals surface area (Å²) < 4.78 is 11.5. The summed E-state index contributed by atoms with van der Waals surface area (Å²) in [5, 5.41) is 9.99. The van der Waals surface area contributed by atoms with E-state index < -0.39 is 0 Å². The average molecular weight is 269 g/mol. The minimum atomic E-state index is 0.129. The van der Waals surface area contributed by atoms with Gasteiger partial charge in [-0.05, 0) is 32.1 Å². The van der Waals surface area contributed by atoms with Crippen molar-refractivity contribution in [1.82, 2.24) is 0 Å². The third-order valence-corrected chi connectivity index (χ3v) is 4.05. The molecule has 0 radical (unpaired) electrons. The van der Waals surface area contributed by atoms with Crippen molar-refractivity contribution < 1.29 is 14.6 Å². The predicted octanol–water partition coefficient (Wildman–Crippen LogP) is 2.52. The van der Waals surface area contributed by atoms with Crippen molar-refractivity contribution in [1.29, 1.82) is 0 Å². The molecule has 1 N–H and O–H groups in total. The molecule has 0 saturated carbocycles. The Morgan fingerprint density at radius 2 is 1.67 bits per heavy atom. The van der Waals surface area contributed by atoms with Crippen LogP contribution in [0.3, 0.4) is 0 Å². The molecule has 2 aliphatic rings. The minimum Gasteiger partial charge on any atom is -0.493 e. The molecule has 2 heterocycles. The third kappa shape index (κ3) is 1.86. The molecule has 0 aromatic heterocycles. The first-order valence-corrected chi connectivity index (χ1v) is 6.93. The van der Waals surface area contributed by atoms with E-state index in [9.17, 15) is 5.11 Å². The number of aliphatic hydroxyl groups is 1. The summed E-state index contributed by atoms with van der Waals surface area (Å²) in [5.74, 6) is 1.74. The second-order valence-corrected chi connectivity index (χ2v) is 5.16. The van der Waals surface area contributed by atoms with E-state index in [-0.39, 0.29) is 6.61 Å². The van der Waals surface area contributed by atoms with Crippen molar-refractivity contribution >= 4 is 11.6 Å². The standard InChI is InChI=1S/C14H17ClO3/c15-12-11-4-2-7-17-13(11)10(5-6-16)9-3-1-8-18-14(9)12/h16H,1-8H2. The smallest absolute Gasteiger partial charge is 0.141 e. The van der Waals surface area contributed by atoms with Crippen LogP contribution >= 0.6 is 11.6 Å². The zero-order valence-electron chi connectivity index (χ0n) is 10.3. The fourth-order valence-corrected chi connectivity index (χ4v) is 3.21. The fourth-order valence-electron chi connectivity index (χ4n) is 2.86. The lowest BCUT2D eigenvalue weighted by Crippen LogP contribution is -2.18. The highest BCUT2D eigenvalue weighted by atomic mass is 35.5. The first-order valence-electron chi connectivity index (χ1n) is 6.55. The van der Waals surface area contributed by atoms with Crippen molar-refractivity contribution in [2.45, 2.75) is 32.1 Å². The predicted molar refractivity (Wildman–Crippen MR) is 69.9 cm³/mol. The van der Waals surface area contributed by atoms with Crippen molar-refractivity contribution in [2.75, 3.05) is 19.8 Å². The van der Waals surface area contributed by atoms with Gasteiger partial charge in [0.05, 0.1) is 18.2 Å². The number of halogens is 1. The van der Waals surface area contributed by atoms with Crippen LogP contribution in [0, 0.1) is 0 Å². The van der Waals surface area contributed by atoms with Crippen LogP contribution in [0.5, 0.6) is 11.5 Å². The number of rotatable bonds is 2. The number of ether oxygens (including phenoxy) is 2. The first kappa shape index (κ1) is 12.1. The molecule has 18 heavy (non-hydrogen) atoms. The topological polar surface area (TPSA) is 38.7 Å². The Labute approximate surface area is 112 Å². The number of hydrogen-bond acceptors (Lipinski definition) is 3. The van der Waals surface area contributed by atoms with Gasteiger partial charge in [-0.1, -0.05) is 11.6 Å². The first-order chi connectivity index (χ1) is 8.83. The quantitative estimate of drug-likeness (QED) is 0.896. The van der Waals surface area contributed by atoms with E-state index in [4.69, 9.17) is 21.1 Å². The zero-order chi connectivity index (χ0) is 12.5. The summed E-state index contributed by atoms with van der Waals surface area (Å²) in [4.78, 5) is 0. The van der Waals surface area contributed by atoms with Gasteiger partial charge in [0.1, 0.15) is 11.5 Å². The molecule has 0 bridgehead atoms. The molecule has 1 aromatic carbocycles. The zero-order valence-corrected chi connectivity index (χ0v) is 11.1. The van der Waals surface area contributed by atoms with Crippen LogP contribution in [-0.2, 0) is 19.3 Å². The van der Waals surface area contributed by atoms with E-state index >= 15 is 0 Å². The number of fused-ring (bicyclic) bond motifs is 2. The van der Waals surface area contributed by atoms with Gasteiger partial charge in [-0.25, -0.2) is 0 Å². The summed E-state index contributed by atoms with van der Waals surface area (Å²) in [6.45, 7) is 1.59. The fraction of sp³-hybridized carbons (Fsp3) is 0.571. The van der Waals surface area contributed by atoms with Gasteiger partial charge in [-0.3, -0.25) is 0 Å². The molecule has 0 amide bonds. The third-order valence-electron chi connectivity index (χ3n) is 3.65. The van der Waals surface area contributed by atoms with Crippen LogP contribution in [0.15, 0.2) is 0 Å². The van der Waals surface area contributed by atoms with Crippen molar-refractivity contribution in [3.63, 3.8) is 0 Å². The van der Waals surface area contributed by atoms with E-state index in [0.29, 0.717) is 6.42 Å². The van der Waals surface area contributed by atoms with E-state index in [1.54, 1.807) is 0 Å². The molecule has 0 atom stereocenters. The van der Waals surface area contributed by atoms with E-state index in [1.165, 1.54) is 0 Å². The monoisotopic (exact) mass is 268 g/mol. The number of aliphatic hydroxyl groups excluding tert-OH is 1.